The molecule has 0 aliphatic heterocycles. The number of hydrogen-bond donors (Lipinski definition) is 1. The molecule has 1 aromatic heterocycles. The quantitative estimate of drug-likeness (QED) is 0.777. The largest absolute Gasteiger partial charge is 0.464 e. The molecule has 1 unspecified atom stereocenters. The van der Waals surface area contributed by atoms with Crippen LogP contribution in [-0.4, -0.2) is 0 Å². The Hall–Kier alpha value is -0.680. The normalized spacial score (nSPS) is 12.5. The van der Waals surface area contributed by atoms with Crippen LogP contribution in [0.3, 0.4) is 0 Å². The van der Waals surface area contributed by atoms with Gasteiger partial charge in [0.1, 0.15) is 11.5 Å². The fraction of sp³-hybridized carbons (Fsp3) is 0.231. The molecule has 4 heteroatoms. The van der Waals surface area contributed by atoms with Crippen molar-refractivity contribution in [2.24, 2.45) is 0 Å². The maximum Gasteiger partial charge on any atom is 0.126 e. The van der Waals surface area contributed by atoms with E-state index < -0.39 is 0 Å². The fourth-order valence-electron chi connectivity index (χ4n) is 1.60. The second kappa shape index (κ2) is 5.31. The molecule has 0 radical (unpaired) electrons. The van der Waals surface area contributed by atoms with E-state index in [1.54, 1.807) is 0 Å². The highest BCUT2D eigenvalue weighted by atomic mass is 127. The van der Waals surface area contributed by atoms with Gasteiger partial charge in [0.05, 0.1) is 16.8 Å². The summed E-state index contributed by atoms with van der Waals surface area (Å²) in [7, 11) is 0. The number of furan rings is 1. The van der Waals surface area contributed by atoms with E-state index in [9.17, 15) is 0 Å². The van der Waals surface area contributed by atoms with Gasteiger partial charge in [-0.2, -0.15) is 0 Å². The molecule has 0 aliphatic carbocycles. The lowest BCUT2D eigenvalue weighted by Crippen LogP contribution is -2.06. The van der Waals surface area contributed by atoms with Gasteiger partial charge in [-0.15, -0.1) is 0 Å². The Kier molecular flexibility index (Phi) is 3.99. The third kappa shape index (κ3) is 3.16. The highest BCUT2D eigenvalue weighted by Crippen LogP contribution is 2.28. The summed E-state index contributed by atoms with van der Waals surface area (Å²) in [5, 5.41) is 4.07. The number of anilines is 1. The number of benzene rings is 1. The minimum absolute atomic E-state index is 0.0967. The summed E-state index contributed by atoms with van der Waals surface area (Å²) < 4.78 is 6.73. The Labute approximate surface area is 119 Å². The molecule has 2 aromatic rings. The molecule has 1 aromatic carbocycles. The van der Waals surface area contributed by atoms with E-state index in [-0.39, 0.29) is 6.04 Å². The van der Waals surface area contributed by atoms with Crippen LogP contribution in [-0.2, 0) is 0 Å². The van der Waals surface area contributed by atoms with Gasteiger partial charge in [-0.05, 0) is 66.8 Å². The average Bonchev–Trinajstić information content (AvgIpc) is 2.70. The first-order valence-corrected chi connectivity index (χ1v) is 6.80. The van der Waals surface area contributed by atoms with Crippen LogP contribution in [0.2, 0.25) is 5.02 Å². The van der Waals surface area contributed by atoms with Crippen LogP contribution < -0.4 is 5.32 Å². The number of halogens is 2. The zero-order valence-corrected chi connectivity index (χ0v) is 12.5. The van der Waals surface area contributed by atoms with Crippen LogP contribution in [0.5, 0.6) is 0 Å². The molecular formula is C13H13ClINO. The highest BCUT2D eigenvalue weighted by molar-refractivity contribution is 14.1. The molecule has 2 rings (SSSR count). The van der Waals surface area contributed by atoms with E-state index in [2.05, 4.69) is 34.8 Å². The van der Waals surface area contributed by atoms with Crippen molar-refractivity contribution >= 4 is 39.9 Å². The van der Waals surface area contributed by atoms with Crippen molar-refractivity contribution in [3.05, 3.63) is 50.4 Å². The third-order valence-corrected chi connectivity index (χ3v) is 3.49. The van der Waals surface area contributed by atoms with E-state index in [4.69, 9.17) is 16.0 Å². The molecule has 0 aliphatic rings. The van der Waals surface area contributed by atoms with E-state index in [1.165, 1.54) is 0 Å². The van der Waals surface area contributed by atoms with Crippen LogP contribution in [0.4, 0.5) is 5.69 Å². The van der Waals surface area contributed by atoms with Gasteiger partial charge < -0.3 is 9.73 Å². The first-order valence-electron chi connectivity index (χ1n) is 5.34. The van der Waals surface area contributed by atoms with Crippen molar-refractivity contribution in [3.63, 3.8) is 0 Å². The third-order valence-electron chi connectivity index (χ3n) is 2.49. The molecule has 0 saturated carbocycles. The maximum absolute atomic E-state index is 6.14. The number of rotatable bonds is 3. The van der Waals surface area contributed by atoms with Crippen molar-refractivity contribution in [2.75, 3.05) is 5.32 Å². The summed E-state index contributed by atoms with van der Waals surface area (Å²) in [5.74, 6) is 1.83. The second-order valence-electron chi connectivity index (χ2n) is 3.94. The summed E-state index contributed by atoms with van der Waals surface area (Å²) in [5.41, 5.74) is 0.931. The summed E-state index contributed by atoms with van der Waals surface area (Å²) >= 11 is 8.40. The zero-order chi connectivity index (χ0) is 12.4. The molecule has 0 fully saturated rings. The van der Waals surface area contributed by atoms with E-state index in [0.717, 1.165) is 25.8 Å². The SMILES string of the molecule is Cc1ccc(C(C)Nc2cc(I)ccc2Cl)o1. The molecule has 2 nitrogen and oxygen atoms in total. The molecule has 0 amide bonds. The predicted octanol–water partition coefficient (Wildman–Crippen LogP) is 5.02. The van der Waals surface area contributed by atoms with Gasteiger partial charge >= 0.3 is 0 Å². The van der Waals surface area contributed by atoms with E-state index in [0.29, 0.717) is 0 Å². The average molecular weight is 362 g/mol. The molecule has 0 saturated heterocycles. The molecule has 1 atom stereocenters. The molecule has 90 valence electrons. The molecule has 1 heterocycles. The lowest BCUT2D eigenvalue weighted by atomic mass is 10.2. The van der Waals surface area contributed by atoms with Gasteiger partial charge in [0.15, 0.2) is 0 Å². The lowest BCUT2D eigenvalue weighted by molar-refractivity contribution is 0.467. The van der Waals surface area contributed by atoms with Gasteiger partial charge in [-0.25, -0.2) is 0 Å². The second-order valence-corrected chi connectivity index (χ2v) is 5.59. The standard InChI is InChI=1S/C13H13ClINO/c1-8-3-6-13(17-8)9(2)16-12-7-10(15)4-5-11(12)14/h3-7,9,16H,1-2H3. The Bertz CT molecular complexity index is 524. The topological polar surface area (TPSA) is 25.2 Å². The van der Waals surface area contributed by atoms with Gasteiger partial charge in [0, 0.05) is 3.57 Å². The minimum atomic E-state index is 0.0967. The summed E-state index contributed by atoms with van der Waals surface area (Å²) in [4.78, 5) is 0. The number of nitrogens with one attached hydrogen (secondary N) is 1. The fourth-order valence-corrected chi connectivity index (χ4v) is 2.26. The number of aryl methyl sites for hydroxylation is 1. The summed E-state index contributed by atoms with van der Waals surface area (Å²) in [6.45, 7) is 3.99. The lowest BCUT2D eigenvalue weighted by Gasteiger charge is -2.14. The van der Waals surface area contributed by atoms with Crippen molar-refractivity contribution < 1.29 is 4.42 Å². The van der Waals surface area contributed by atoms with Gasteiger partial charge in [-0.3, -0.25) is 0 Å². The van der Waals surface area contributed by atoms with Gasteiger partial charge in [0.25, 0.3) is 0 Å². The molecule has 1 N–H and O–H groups in total. The first-order chi connectivity index (χ1) is 8.06. The monoisotopic (exact) mass is 361 g/mol. The van der Waals surface area contributed by atoms with Crippen LogP contribution in [0, 0.1) is 10.5 Å². The van der Waals surface area contributed by atoms with Crippen molar-refractivity contribution in [2.45, 2.75) is 19.9 Å². The molecular weight excluding hydrogens is 349 g/mol. The van der Waals surface area contributed by atoms with Crippen LogP contribution >= 0.6 is 34.2 Å². The van der Waals surface area contributed by atoms with Crippen LogP contribution in [0.25, 0.3) is 0 Å². The Balaban J connectivity index is 2.18. The summed E-state index contributed by atoms with van der Waals surface area (Å²) in [6, 6.07) is 9.94. The molecule has 0 bridgehead atoms. The minimum Gasteiger partial charge on any atom is -0.464 e. The number of hydrogen-bond acceptors (Lipinski definition) is 2. The smallest absolute Gasteiger partial charge is 0.126 e. The van der Waals surface area contributed by atoms with Crippen LogP contribution in [0.15, 0.2) is 34.7 Å². The first kappa shape index (κ1) is 12.8. The molecule has 0 spiro atoms. The van der Waals surface area contributed by atoms with E-state index >= 15 is 0 Å². The van der Waals surface area contributed by atoms with Crippen molar-refractivity contribution in [3.8, 4) is 0 Å². The Morgan fingerprint density at radius 3 is 2.71 bits per heavy atom. The van der Waals surface area contributed by atoms with Crippen LogP contribution in [0.1, 0.15) is 24.5 Å². The Morgan fingerprint density at radius 2 is 2.06 bits per heavy atom. The highest BCUT2D eigenvalue weighted by Gasteiger charge is 2.11. The Morgan fingerprint density at radius 1 is 1.29 bits per heavy atom. The summed E-state index contributed by atoms with van der Waals surface area (Å²) in [6.07, 6.45) is 0. The van der Waals surface area contributed by atoms with Gasteiger partial charge in [0.2, 0.25) is 0 Å². The van der Waals surface area contributed by atoms with Gasteiger partial charge in [-0.1, -0.05) is 11.6 Å². The predicted molar refractivity (Wildman–Crippen MR) is 79.7 cm³/mol. The molecule has 17 heavy (non-hydrogen) atoms. The van der Waals surface area contributed by atoms with Crippen molar-refractivity contribution in [1.29, 1.82) is 0 Å². The zero-order valence-electron chi connectivity index (χ0n) is 9.63. The maximum atomic E-state index is 6.14. The van der Waals surface area contributed by atoms with E-state index in [1.807, 2.05) is 37.3 Å². The van der Waals surface area contributed by atoms with Crippen molar-refractivity contribution in [1.82, 2.24) is 0 Å².